The lowest BCUT2D eigenvalue weighted by Crippen LogP contribution is -2.05. The van der Waals surface area contributed by atoms with Gasteiger partial charge in [0.2, 0.25) is 0 Å². The maximum Gasteiger partial charge on any atom is 0.303 e. The van der Waals surface area contributed by atoms with Crippen LogP contribution in [0.5, 0.6) is 0 Å². The van der Waals surface area contributed by atoms with Crippen LogP contribution in [-0.4, -0.2) is 21.8 Å². The minimum absolute atomic E-state index is 0.0110. The Kier molecular flexibility index (Phi) is 5.33. The van der Waals surface area contributed by atoms with Crippen molar-refractivity contribution >= 4 is 46.3 Å². The number of carbonyl (C=O) groups is 2. The van der Waals surface area contributed by atoms with Crippen LogP contribution in [0.1, 0.15) is 17.8 Å². The van der Waals surface area contributed by atoms with Crippen LogP contribution in [0.3, 0.4) is 0 Å². The number of hydrogen-bond acceptors (Lipinski definition) is 4. The number of carbonyl (C=O) groups excluding carboxylic acids is 1. The summed E-state index contributed by atoms with van der Waals surface area (Å²) >= 11 is 13.6. The molecule has 2 aromatic rings. The first-order chi connectivity index (χ1) is 9.97. The van der Waals surface area contributed by atoms with Crippen molar-refractivity contribution < 1.29 is 14.7 Å². The number of benzene rings is 1. The molecule has 21 heavy (non-hydrogen) atoms. The van der Waals surface area contributed by atoms with E-state index in [-0.39, 0.29) is 25.0 Å². The fourth-order valence-electron chi connectivity index (χ4n) is 1.74. The molecule has 1 heterocycles. The van der Waals surface area contributed by atoms with Crippen molar-refractivity contribution in [3.8, 4) is 10.4 Å². The van der Waals surface area contributed by atoms with Crippen LogP contribution in [0.15, 0.2) is 24.4 Å². The molecule has 0 saturated heterocycles. The Morgan fingerprint density at radius 3 is 2.48 bits per heavy atom. The van der Waals surface area contributed by atoms with Gasteiger partial charge in [0.1, 0.15) is 10.8 Å². The van der Waals surface area contributed by atoms with E-state index < -0.39 is 5.97 Å². The molecule has 0 aliphatic heterocycles. The lowest BCUT2D eigenvalue weighted by atomic mass is 10.2. The van der Waals surface area contributed by atoms with Gasteiger partial charge in [0.25, 0.3) is 0 Å². The molecule has 0 spiro atoms. The predicted octanol–water partition coefficient (Wildman–Crippen LogP) is 4.09. The van der Waals surface area contributed by atoms with Gasteiger partial charge < -0.3 is 5.11 Å². The summed E-state index contributed by atoms with van der Waals surface area (Å²) in [5.41, 5.74) is 0.697. The Morgan fingerprint density at radius 2 is 1.86 bits per heavy atom. The molecule has 0 aliphatic carbocycles. The molecule has 1 aromatic heterocycles. The average molecular weight is 344 g/mol. The lowest BCUT2D eigenvalue weighted by Gasteiger charge is -2.02. The van der Waals surface area contributed by atoms with E-state index in [9.17, 15) is 9.59 Å². The first-order valence-corrected chi connectivity index (χ1v) is 7.67. The Balaban J connectivity index is 2.12. The number of aromatic nitrogens is 1. The summed E-state index contributed by atoms with van der Waals surface area (Å²) in [6.07, 6.45) is 1.60. The van der Waals surface area contributed by atoms with Crippen LogP contribution in [0, 0.1) is 0 Å². The molecule has 0 radical (unpaired) electrons. The van der Waals surface area contributed by atoms with Gasteiger partial charge in [-0.05, 0) is 12.1 Å². The first kappa shape index (κ1) is 15.9. The fourth-order valence-corrected chi connectivity index (χ4v) is 3.48. The number of Topliss-reactive ketones (excluding diaryl/α,β-unsaturated/α-hetero) is 1. The SMILES string of the molecule is O=C(O)CCC(=O)Cc1ncc(-c2c(Cl)cccc2Cl)s1. The number of hydrogen-bond donors (Lipinski definition) is 1. The van der Waals surface area contributed by atoms with Crippen LogP contribution < -0.4 is 0 Å². The van der Waals surface area contributed by atoms with Gasteiger partial charge in [-0.25, -0.2) is 4.98 Å². The van der Waals surface area contributed by atoms with E-state index in [1.54, 1.807) is 24.4 Å². The Morgan fingerprint density at radius 1 is 1.19 bits per heavy atom. The number of rotatable bonds is 6. The van der Waals surface area contributed by atoms with Crippen molar-refractivity contribution in [1.82, 2.24) is 4.98 Å². The molecule has 0 atom stereocenters. The van der Waals surface area contributed by atoms with E-state index in [2.05, 4.69) is 4.98 Å². The Labute approximate surface area is 135 Å². The topological polar surface area (TPSA) is 67.3 Å². The van der Waals surface area contributed by atoms with Gasteiger partial charge in [0.15, 0.2) is 0 Å². The van der Waals surface area contributed by atoms with Crippen LogP contribution in [0.25, 0.3) is 10.4 Å². The Hall–Kier alpha value is -1.43. The first-order valence-electron chi connectivity index (χ1n) is 6.10. The maximum atomic E-state index is 11.6. The molecular formula is C14H11Cl2NO3S. The van der Waals surface area contributed by atoms with Crippen molar-refractivity contribution in [1.29, 1.82) is 0 Å². The second-order valence-corrected chi connectivity index (χ2v) is 6.25. The molecule has 0 unspecified atom stereocenters. The van der Waals surface area contributed by atoms with Crippen molar-refractivity contribution in [2.75, 3.05) is 0 Å². The van der Waals surface area contributed by atoms with Crippen molar-refractivity contribution in [3.63, 3.8) is 0 Å². The summed E-state index contributed by atoms with van der Waals surface area (Å²) in [6.45, 7) is 0. The van der Waals surface area contributed by atoms with Gasteiger partial charge >= 0.3 is 5.97 Å². The molecule has 0 amide bonds. The molecule has 0 fully saturated rings. The molecule has 1 N–H and O–H groups in total. The highest BCUT2D eigenvalue weighted by Gasteiger charge is 2.14. The smallest absolute Gasteiger partial charge is 0.303 e. The average Bonchev–Trinajstić information content (AvgIpc) is 2.84. The number of nitrogens with zero attached hydrogens (tertiary/aromatic N) is 1. The van der Waals surface area contributed by atoms with Gasteiger partial charge in [-0.2, -0.15) is 0 Å². The third-order valence-corrected chi connectivity index (χ3v) is 4.37. The molecule has 2 rings (SSSR count). The minimum Gasteiger partial charge on any atom is -0.481 e. The second-order valence-electron chi connectivity index (χ2n) is 4.32. The standard InChI is InChI=1S/C14H11Cl2NO3S/c15-9-2-1-3-10(16)14(9)11-7-17-12(21-11)6-8(18)4-5-13(19)20/h1-3,7H,4-6H2,(H,19,20). The lowest BCUT2D eigenvalue weighted by molar-refractivity contribution is -0.138. The van der Waals surface area contributed by atoms with E-state index in [1.165, 1.54) is 11.3 Å². The third-order valence-electron chi connectivity index (χ3n) is 2.73. The summed E-state index contributed by atoms with van der Waals surface area (Å²) < 4.78 is 0. The minimum atomic E-state index is -0.981. The summed E-state index contributed by atoms with van der Waals surface area (Å²) in [7, 11) is 0. The number of ketones is 1. The van der Waals surface area contributed by atoms with Gasteiger partial charge in [-0.1, -0.05) is 29.3 Å². The highest BCUT2D eigenvalue weighted by atomic mass is 35.5. The summed E-state index contributed by atoms with van der Waals surface area (Å²) in [4.78, 5) is 27.0. The van der Waals surface area contributed by atoms with Gasteiger partial charge in [-0.3, -0.25) is 9.59 Å². The van der Waals surface area contributed by atoms with Crippen molar-refractivity contribution in [2.24, 2.45) is 0 Å². The molecular weight excluding hydrogens is 333 g/mol. The number of halogens is 2. The second kappa shape index (κ2) is 7.02. The van der Waals surface area contributed by atoms with Gasteiger partial charge in [0, 0.05) is 18.2 Å². The molecule has 1 aromatic carbocycles. The summed E-state index contributed by atoms with van der Waals surface area (Å²) in [5, 5.41) is 10.2. The fraction of sp³-hybridized carbons (Fsp3) is 0.214. The van der Waals surface area contributed by atoms with E-state index >= 15 is 0 Å². The summed E-state index contributed by atoms with van der Waals surface area (Å²) in [6, 6.07) is 5.23. The molecule has 110 valence electrons. The highest BCUT2D eigenvalue weighted by molar-refractivity contribution is 7.15. The number of carboxylic acids is 1. The number of carboxylic acid groups (broad SMARTS) is 1. The van der Waals surface area contributed by atoms with Crippen LogP contribution in [-0.2, 0) is 16.0 Å². The zero-order valence-electron chi connectivity index (χ0n) is 10.8. The largest absolute Gasteiger partial charge is 0.481 e. The van der Waals surface area contributed by atoms with Crippen LogP contribution >= 0.6 is 34.5 Å². The van der Waals surface area contributed by atoms with Crippen LogP contribution in [0.4, 0.5) is 0 Å². The zero-order chi connectivity index (χ0) is 15.4. The number of aliphatic carboxylic acids is 1. The quantitative estimate of drug-likeness (QED) is 0.857. The monoisotopic (exact) mass is 343 g/mol. The van der Waals surface area contributed by atoms with Crippen molar-refractivity contribution in [2.45, 2.75) is 19.3 Å². The van der Waals surface area contributed by atoms with Gasteiger partial charge in [-0.15, -0.1) is 11.3 Å². The number of thiazole rings is 1. The van der Waals surface area contributed by atoms with E-state index in [0.29, 0.717) is 20.6 Å². The van der Waals surface area contributed by atoms with E-state index in [1.807, 2.05) is 0 Å². The zero-order valence-corrected chi connectivity index (χ0v) is 13.1. The van der Waals surface area contributed by atoms with Crippen molar-refractivity contribution in [3.05, 3.63) is 39.4 Å². The maximum absolute atomic E-state index is 11.6. The summed E-state index contributed by atoms with van der Waals surface area (Å²) in [5.74, 6) is -1.13. The Bertz CT molecular complexity index is 664. The highest BCUT2D eigenvalue weighted by Crippen LogP contribution is 2.37. The predicted molar refractivity (Wildman–Crippen MR) is 83.2 cm³/mol. The van der Waals surface area contributed by atoms with Gasteiger partial charge in [0.05, 0.1) is 27.8 Å². The van der Waals surface area contributed by atoms with Crippen LogP contribution in [0.2, 0.25) is 10.0 Å². The molecule has 4 nitrogen and oxygen atoms in total. The molecule has 0 saturated carbocycles. The molecule has 0 aliphatic rings. The van der Waals surface area contributed by atoms with E-state index in [4.69, 9.17) is 28.3 Å². The van der Waals surface area contributed by atoms with E-state index in [0.717, 1.165) is 4.88 Å². The molecule has 7 heteroatoms. The molecule has 0 bridgehead atoms. The normalized spacial score (nSPS) is 10.6. The third kappa shape index (κ3) is 4.27.